The van der Waals surface area contributed by atoms with E-state index < -0.39 is 11.5 Å². The van der Waals surface area contributed by atoms with E-state index in [0.29, 0.717) is 30.8 Å². The lowest BCUT2D eigenvalue weighted by Gasteiger charge is -2.29. The van der Waals surface area contributed by atoms with Crippen LogP contribution in [0.1, 0.15) is 43.2 Å². The van der Waals surface area contributed by atoms with Gasteiger partial charge in [0.2, 0.25) is 0 Å². The van der Waals surface area contributed by atoms with E-state index in [9.17, 15) is 14.4 Å². The molecular formula is C22H21N3O4. The minimum Gasteiger partial charge on any atom is -0.459 e. The van der Waals surface area contributed by atoms with Crippen molar-refractivity contribution in [3.63, 3.8) is 0 Å². The van der Waals surface area contributed by atoms with Crippen LogP contribution in [0.5, 0.6) is 0 Å². The number of aromatic amines is 1. The second kappa shape index (κ2) is 7.43. The van der Waals surface area contributed by atoms with Gasteiger partial charge in [0.25, 0.3) is 17.4 Å². The van der Waals surface area contributed by atoms with Gasteiger partial charge in [-0.3, -0.25) is 14.4 Å². The fourth-order valence-electron chi connectivity index (χ4n) is 3.61. The van der Waals surface area contributed by atoms with Gasteiger partial charge in [-0.15, -0.1) is 0 Å². The molecule has 0 spiro atoms. The van der Waals surface area contributed by atoms with Crippen LogP contribution in [-0.4, -0.2) is 28.2 Å². The summed E-state index contributed by atoms with van der Waals surface area (Å²) >= 11 is 0. The number of fused-ring (bicyclic) bond motifs is 1. The lowest BCUT2D eigenvalue weighted by atomic mass is 9.96. The molecular weight excluding hydrogens is 370 g/mol. The molecule has 7 nitrogen and oxygen atoms in total. The number of benzene rings is 1. The second-order valence-electron chi connectivity index (χ2n) is 7.15. The summed E-state index contributed by atoms with van der Waals surface area (Å²) in [7, 11) is 0. The molecule has 29 heavy (non-hydrogen) atoms. The molecule has 0 saturated carbocycles. The molecule has 3 aromatic rings. The number of rotatable bonds is 3. The molecule has 2 aromatic heterocycles. The monoisotopic (exact) mass is 391 g/mol. The molecule has 2 amide bonds. The highest BCUT2D eigenvalue weighted by Gasteiger charge is 2.28. The Morgan fingerprint density at radius 2 is 2.00 bits per heavy atom. The number of anilines is 1. The van der Waals surface area contributed by atoms with Crippen LogP contribution < -0.4 is 10.9 Å². The maximum Gasteiger partial charge on any atom is 0.289 e. The van der Waals surface area contributed by atoms with Crippen LogP contribution in [-0.2, 0) is 13.0 Å². The highest BCUT2D eigenvalue weighted by atomic mass is 16.3. The Morgan fingerprint density at radius 3 is 2.76 bits per heavy atom. The average Bonchev–Trinajstić information content (AvgIpc) is 3.25. The number of H-pyrrole nitrogens is 1. The number of hydrogen-bond donors (Lipinski definition) is 2. The van der Waals surface area contributed by atoms with Crippen molar-refractivity contribution in [1.29, 1.82) is 0 Å². The minimum atomic E-state index is -0.442. The summed E-state index contributed by atoms with van der Waals surface area (Å²) < 4.78 is 5.19. The third-order valence-electron chi connectivity index (χ3n) is 5.39. The maximum atomic E-state index is 12.9. The van der Waals surface area contributed by atoms with Crippen LogP contribution in [0.3, 0.4) is 0 Å². The van der Waals surface area contributed by atoms with Crippen molar-refractivity contribution in [2.75, 3.05) is 11.9 Å². The predicted molar refractivity (Wildman–Crippen MR) is 108 cm³/mol. The zero-order valence-electron chi connectivity index (χ0n) is 16.2. The zero-order chi connectivity index (χ0) is 20.5. The SMILES string of the molecule is Cc1cccc(NC(=O)c2c3c(c[nH]c2=O)CN(C(=O)c2ccco2)CC3)c1C. The van der Waals surface area contributed by atoms with E-state index >= 15 is 0 Å². The van der Waals surface area contributed by atoms with Gasteiger partial charge in [0.1, 0.15) is 5.56 Å². The minimum absolute atomic E-state index is 0.105. The van der Waals surface area contributed by atoms with Gasteiger partial charge in [-0.25, -0.2) is 0 Å². The number of carbonyl (C=O) groups is 2. The Kier molecular flexibility index (Phi) is 4.80. The molecule has 1 aliphatic heterocycles. The molecule has 0 bridgehead atoms. The molecule has 148 valence electrons. The summed E-state index contributed by atoms with van der Waals surface area (Å²) in [6.45, 7) is 4.59. The first kappa shape index (κ1) is 18.7. The van der Waals surface area contributed by atoms with Crippen molar-refractivity contribution in [3.05, 3.63) is 86.7 Å². The van der Waals surface area contributed by atoms with Crippen molar-refractivity contribution in [2.24, 2.45) is 0 Å². The van der Waals surface area contributed by atoms with Crippen molar-refractivity contribution < 1.29 is 14.0 Å². The Labute approximate surface area is 167 Å². The lowest BCUT2D eigenvalue weighted by Crippen LogP contribution is -2.38. The molecule has 0 saturated heterocycles. The summed E-state index contributed by atoms with van der Waals surface area (Å²) in [6.07, 6.45) is 3.45. The van der Waals surface area contributed by atoms with Crippen molar-refractivity contribution >= 4 is 17.5 Å². The van der Waals surface area contributed by atoms with Crippen LogP contribution in [0.15, 0.2) is 52.0 Å². The molecule has 3 heterocycles. The van der Waals surface area contributed by atoms with E-state index in [0.717, 1.165) is 16.7 Å². The van der Waals surface area contributed by atoms with Gasteiger partial charge in [0, 0.05) is 25.0 Å². The highest BCUT2D eigenvalue weighted by Crippen LogP contribution is 2.23. The first-order chi connectivity index (χ1) is 14.0. The number of hydrogen-bond acceptors (Lipinski definition) is 4. The zero-order valence-corrected chi connectivity index (χ0v) is 16.2. The molecule has 4 rings (SSSR count). The van der Waals surface area contributed by atoms with Crippen LogP contribution >= 0.6 is 0 Å². The molecule has 0 unspecified atom stereocenters. The number of pyridine rings is 1. The molecule has 0 fully saturated rings. The largest absolute Gasteiger partial charge is 0.459 e. The van der Waals surface area contributed by atoms with E-state index in [1.807, 2.05) is 32.0 Å². The topological polar surface area (TPSA) is 95.4 Å². The molecule has 0 atom stereocenters. The van der Waals surface area contributed by atoms with Gasteiger partial charge in [-0.1, -0.05) is 12.1 Å². The summed E-state index contributed by atoms with van der Waals surface area (Å²) in [4.78, 5) is 42.2. The maximum absolute atomic E-state index is 12.9. The average molecular weight is 391 g/mol. The number of nitrogens with one attached hydrogen (secondary N) is 2. The number of aryl methyl sites for hydroxylation is 1. The smallest absolute Gasteiger partial charge is 0.289 e. The second-order valence-corrected chi connectivity index (χ2v) is 7.15. The van der Waals surface area contributed by atoms with Crippen molar-refractivity contribution in [3.8, 4) is 0 Å². The number of aromatic nitrogens is 1. The Bertz CT molecular complexity index is 1150. The van der Waals surface area contributed by atoms with E-state index in [2.05, 4.69) is 10.3 Å². The molecule has 0 radical (unpaired) electrons. The number of amides is 2. The van der Waals surface area contributed by atoms with Crippen molar-refractivity contribution in [2.45, 2.75) is 26.8 Å². The summed E-state index contributed by atoms with van der Waals surface area (Å²) in [5.74, 6) is -0.387. The van der Waals surface area contributed by atoms with Gasteiger partial charge < -0.3 is 19.6 Å². The number of nitrogens with zero attached hydrogens (tertiary/aromatic N) is 1. The fraction of sp³-hybridized carbons (Fsp3) is 0.227. The first-order valence-electron chi connectivity index (χ1n) is 9.39. The van der Waals surface area contributed by atoms with E-state index in [1.165, 1.54) is 6.26 Å². The Balaban J connectivity index is 1.62. The molecule has 0 aliphatic carbocycles. The normalized spacial score (nSPS) is 13.1. The van der Waals surface area contributed by atoms with Gasteiger partial charge in [-0.2, -0.15) is 0 Å². The standard InChI is InChI=1S/C22H21N3O4/c1-13-5-3-6-17(14(13)2)24-21(27)19-16-8-9-25(12-15(16)11-23-20(19)26)22(28)18-7-4-10-29-18/h3-7,10-11H,8-9,12H2,1-2H3,(H,23,26)(H,24,27). The number of carbonyl (C=O) groups excluding carboxylic acids is 2. The van der Waals surface area contributed by atoms with Gasteiger partial charge in [0.15, 0.2) is 5.76 Å². The molecule has 1 aliphatic rings. The van der Waals surface area contributed by atoms with Gasteiger partial charge >= 0.3 is 0 Å². The lowest BCUT2D eigenvalue weighted by molar-refractivity contribution is 0.0702. The van der Waals surface area contributed by atoms with E-state index in [-0.39, 0.29) is 17.2 Å². The Hall–Kier alpha value is -3.61. The highest BCUT2D eigenvalue weighted by molar-refractivity contribution is 6.05. The van der Waals surface area contributed by atoms with Crippen molar-refractivity contribution in [1.82, 2.24) is 9.88 Å². The van der Waals surface area contributed by atoms with E-state index in [4.69, 9.17) is 4.42 Å². The fourth-order valence-corrected chi connectivity index (χ4v) is 3.61. The third kappa shape index (κ3) is 3.47. The van der Waals surface area contributed by atoms with Crippen LogP contribution in [0, 0.1) is 13.8 Å². The van der Waals surface area contributed by atoms with Crippen LogP contribution in [0.2, 0.25) is 0 Å². The quantitative estimate of drug-likeness (QED) is 0.717. The number of furan rings is 1. The molecule has 2 N–H and O–H groups in total. The van der Waals surface area contributed by atoms with E-state index in [1.54, 1.807) is 23.2 Å². The predicted octanol–water partition coefficient (Wildman–Crippen LogP) is 3.04. The summed E-state index contributed by atoms with van der Waals surface area (Å²) in [5.41, 5.74) is 3.79. The van der Waals surface area contributed by atoms with Gasteiger partial charge in [-0.05, 0) is 60.7 Å². The van der Waals surface area contributed by atoms with Crippen LogP contribution in [0.25, 0.3) is 0 Å². The first-order valence-corrected chi connectivity index (χ1v) is 9.39. The van der Waals surface area contributed by atoms with Crippen LogP contribution in [0.4, 0.5) is 5.69 Å². The molecule has 7 heteroatoms. The molecule has 1 aromatic carbocycles. The Morgan fingerprint density at radius 1 is 1.17 bits per heavy atom. The third-order valence-corrected chi connectivity index (χ3v) is 5.39. The summed E-state index contributed by atoms with van der Waals surface area (Å²) in [5, 5.41) is 2.86. The summed E-state index contributed by atoms with van der Waals surface area (Å²) in [6, 6.07) is 8.92. The van der Waals surface area contributed by atoms with Gasteiger partial charge in [0.05, 0.1) is 6.26 Å².